The molecule has 6 rings (SSSR count). The second-order valence-electron chi connectivity index (χ2n) is 10.4. The smallest absolute Gasteiger partial charge is 0.359 e. The van der Waals surface area contributed by atoms with Crippen molar-refractivity contribution >= 4 is 0 Å². The first-order valence-corrected chi connectivity index (χ1v) is 13.2. The first kappa shape index (κ1) is 28.1. The number of hydrogen-bond acceptors (Lipinski definition) is 13. The zero-order chi connectivity index (χ0) is 29.1. The van der Waals surface area contributed by atoms with Crippen molar-refractivity contribution in [3.05, 3.63) is 35.4 Å². The Labute approximate surface area is 236 Å². The van der Waals surface area contributed by atoms with Crippen molar-refractivity contribution in [2.45, 2.75) is 42.6 Å². The first-order valence-electron chi connectivity index (χ1n) is 13.2. The van der Waals surface area contributed by atoms with Gasteiger partial charge >= 0.3 is 5.97 Å². The number of aromatic hydroxyl groups is 1. The largest absolute Gasteiger partial charge is 0.502 e. The van der Waals surface area contributed by atoms with Crippen LogP contribution in [0.25, 0.3) is 0 Å². The normalized spacial score (nSPS) is 35.4. The number of ether oxygens (including phenoxy) is 9. The Morgan fingerprint density at radius 2 is 1.24 bits per heavy atom. The highest BCUT2D eigenvalue weighted by molar-refractivity contribution is 5.55. The van der Waals surface area contributed by atoms with Crippen LogP contribution in [0.15, 0.2) is 24.3 Å². The summed E-state index contributed by atoms with van der Waals surface area (Å²) >= 11 is 0. The summed E-state index contributed by atoms with van der Waals surface area (Å²) in [5.74, 6) is -0.386. The lowest BCUT2D eigenvalue weighted by Gasteiger charge is -2.32. The van der Waals surface area contributed by atoms with E-state index >= 15 is 0 Å². The number of phenols is 1. The minimum absolute atomic E-state index is 0.00494. The summed E-state index contributed by atoms with van der Waals surface area (Å²) in [5.41, 5.74) is 1.59. The maximum atomic E-state index is 10.4. The second kappa shape index (κ2) is 10.7. The van der Waals surface area contributed by atoms with Gasteiger partial charge in [0.25, 0.3) is 0 Å². The van der Waals surface area contributed by atoms with Gasteiger partial charge in [0.2, 0.25) is 11.5 Å². The number of benzene rings is 2. The van der Waals surface area contributed by atoms with Crippen LogP contribution in [0.3, 0.4) is 0 Å². The summed E-state index contributed by atoms with van der Waals surface area (Å²) < 4.78 is 51.7. The zero-order valence-electron chi connectivity index (χ0n) is 23.0. The fourth-order valence-corrected chi connectivity index (χ4v) is 6.07. The van der Waals surface area contributed by atoms with E-state index in [1.54, 1.807) is 24.3 Å². The van der Waals surface area contributed by atoms with E-state index in [4.69, 9.17) is 42.6 Å². The lowest BCUT2D eigenvalue weighted by atomic mass is 9.84. The molecule has 13 heteroatoms. The van der Waals surface area contributed by atoms with Crippen molar-refractivity contribution in [1.82, 2.24) is 0 Å². The molecule has 224 valence electrons. The van der Waals surface area contributed by atoms with E-state index in [9.17, 15) is 20.4 Å². The third-order valence-corrected chi connectivity index (χ3v) is 8.27. The Hall–Kier alpha value is -3.04. The van der Waals surface area contributed by atoms with Crippen molar-refractivity contribution in [2.24, 2.45) is 11.8 Å². The SMILES string of the molecule is COc1cc(C2OCC3C(c4cc(OC)c(OC56OC(CO)C(O)C(O)C5O6)c(OC)c4)OCC23)cc(OC)c1O. The second-order valence-corrected chi connectivity index (χ2v) is 10.4. The molecule has 13 nitrogen and oxygen atoms in total. The van der Waals surface area contributed by atoms with E-state index in [2.05, 4.69) is 0 Å². The van der Waals surface area contributed by atoms with Gasteiger partial charge < -0.3 is 58.3 Å². The number of hydrogen-bond donors (Lipinski definition) is 4. The predicted molar refractivity (Wildman–Crippen MR) is 137 cm³/mol. The number of phenolic OH excluding ortho intramolecular Hbond substituents is 1. The molecule has 0 bridgehead atoms. The van der Waals surface area contributed by atoms with Crippen molar-refractivity contribution in [3.8, 4) is 34.5 Å². The maximum absolute atomic E-state index is 10.4. The zero-order valence-corrected chi connectivity index (χ0v) is 23.0. The van der Waals surface area contributed by atoms with Crippen LogP contribution >= 0.6 is 0 Å². The van der Waals surface area contributed by atoms with Crippen LogP contribution in [0.1, 0.15) is 23.3 Å². The van der Waals surface area contributed by atoms with Gasteiger partial charge in [0.05, 0.1) is 60.5 Å². The predicted octanol–water partition coefficient (Wildman–Crippen LogP) is 1.05. The van der Waals surface area contributed by atoms with Gasteiger partial charge in [0, 0.05) is 11.8 Å². The van der Waals surface area contributed by atoms with Crippen LogP contribution in [0.4, 0.5) is 0 Å². The molecule has 2 aromatic rings. The Kier molecular flexibility index (Phi) is 7.30. The lowest BCUT2D eigenvalue weighted by Crippen LogP contribution is -2.54. The Bertz CT molecular complexity index is 1240. The van der Waals surface area contributed by atoms with E-state index in [1.165, 1.54) is 28.4 Å². The highest BCUT2D eigenvalue weighted by Gasteiger charge is 2.72. The molecular weight excluding hydrogens is 544 g/mol. The quantitative estimate of drug-likeness (QED) is 0.312. The Morgan fingerprint density at radius 3 is 1.71 bits per heavy atom. The van der Waals surface area contributed by atoms with E-state index in [1.807, 2.05) is 0 Å². The monoisotopic (exact) mass is 578 g/mol. The average molecular weight is 579 g/mol. The lowest BCUT2D eigenvalue weighted by molar-refractivity contribution is -0.254. The molecule has 4 aliphatic rings. The summed E-state index contributed by atoms with van der Waals surface area (Å²) in [4.78, 5) is 0. The van der Waals surface area contributed by atoms with Crippen molar-refractivity contribution in [3.63, 3.8) is 0 Å². The molecule has 4 heterocycles. The molecule has 4 saturated heterocycles. The van der Waals surface area contributed by atoms with Gasteiger partial charge in [-0.1, -0.05) is 0 Å². The van der Waals surface area contributed by atoms with E-state index in [0.717, 1.165) is 11.1 Å². The number of fused-ring (bicyclic) bond motifs is 2. The highest BCUT2D eigenvalue weighted by Crippen LogP contribution is 2.55. The van der Waals surface area contributed by atoms with Gasteiger partial charge in [-0.2, -0.15) is 0 Å². The number of rotatable bonds is 9. The maximum Gasteiger partial charge on any atom is 0.359 e. The molecule has 0 amide bonds. The molecule has 0 radical (unpaired) electrons. The van der Waals surface area contributed by atoms with Crippen LogP contribution < -0.4 is 23.7 Å². The summed E-state index contributed by atoms with van der Waals surface area (Å²) in [6.45, 7) is 0.328. The van der Waals surface area contributed by atoms with Gasteiger partial charge in [-0.05, 0) is 35.4 Å². The molecule has 0 aromatic heterocycles. The number of epoxide rings is 1. The van der Waals surface area contributed by atoms with Crippen LogP contribution in [-0.4, -0.2) is 99.1 Å². The van der Waals surface area contributed by atoms with Crippen molar-refractivity contribution in [1.29, 1.82) is 0 Å². The van der Waals surface area contributed by atoms with Crippen molar-refractivity contribution in [2.75, 3.05) is 48.3 Å². The standard InChI is InChI=1S/C28H34O13/c1-33-16-5-12(6-17(34-2)21(16)30)24-14-10-38-25(15(14)11-37-24)13-7-18(35-3)26(19(8-13)36-4)40-28-27(41-28)23(32)22(31)20(9-29)39-28/h5-8,14-15,20,22-25,27,29-32H,9-11H2,1-4H3. The van der Waals surface area contributed by atoms with Crippen LogP contribution in [0.2, 0.25) is 0 Å². The molecule has 9 unspecified atom stereocenters. The summed E-state index contributed by atoms with van der Waals surface area (Å²) in [6.07, 6.45) is -5.35. The molecule has 4 fully saturated rings. The molecule has 2 aromatic carbocycles. The van der Waals surface area contributed by atoms with Crippen LogP contribution in [0.5, 0.6) is 34.5 Å². The molecular formula is C28H34O13. The van der Waals surface area contributed by atoms with Gasteiger partial charge in [0.15, 0.2) is 29.1 Å². The third kappa shape index (κ3) is 4.52. The van der Waals surface area contributed by atoms with Crippen LogP contribution in [0, 0.1) is 11.8 Å². The summed E-state index contributed by atoms with van der Waals surface area (Å²) in [6, 6.07) is 7.04. The van der Waals surface area contributed by atoms with Gasteiger partial charge in [0.1, 0.15) is 18.3 Å². The average Bonchev–Trinajstić information content (AvgIpc) is 3.31. The van der Waals surface area contributed by atoms with Gasteiger partial charge in [-0.25, -0.2) is 0 Å². The van der Waals surface area contributed by atoms with Gasteiger partial charge in [-0.3, -0.25) is 4.74 Å². The number of aliphatic hydroxyl groups is 3. The van der Waals surface area contributed by atoms with E-state index in [-0.39, 0.29) is 35.5 Å². The fourth-order valence-electron chi connectivity index (χ4n) is 6.07. The number of methoxy groups -OCH3 is 4. The number of aliphatic hydroxyl groups excluding tert-OH is 3. The van der Waals surface area contributed by atoms with E-state index < -0.39 is 37.0 Å². The topological polar surface area (TPSA) is 167 Å². The van der Waals surface area contributed by atoms with Crippen molar-refractivity contribution < 1.29 is 63.1 Å². The third-order valence-electron chi connectivity index (χ3n) is 8.27. The molecule has 4 aliphatic heterocycles. The molecule has 4 N–H and O–H groups in total. The minimum Gasteiger partial charge on any atom is -0.502 e. The molecule has 0 spiro atoms. The molecule has 41 heavy (non-hydrogen) atoms. The fraction of sp³-hybridized carbons (Fsp3) is 0.571. The Morgan fingerprint density at radius 1 is 0.756 bits per heavy atom. The first-order chi connectivity index (χ1) is 19.8. The van der Waals surface area contributed by atoms with Gasteiger partial charge in [-0.15, -0.1) is 0 Å². The molecule has 0 saturated carbocycles. The summed E-state index contributed by atoms with van der Waals surface area (Å²) in [5, 5.41) is 40.4. The molecule has 0 aliphatic carbocycles. The summed E-state index contributed by atoms with van der Waals surface area (Å²) in [7, 11) is 5.91. The Balaban J connectivity index is 1.26. The highest BCUT2D eigenvalue weighted by atomic mass is 17.0. The van der Waals surface area contributed by atoms with E-state index in [0.29, 0.717) is 36.2 Å². The van der Waals surface area contributed by atoms with Crippen LogP contribution in [-0.2, 0) is 18.9 Å². The molecule has 9 atom stereocenters. The minimum atomic E-state index is -1.71.